The van der Waals surface area contributed by atoms with Crippen LogP contribution in [0.15, 0.2) is 72.8 Å². The number of imidazole rings is 1. The molecule has 0 bridgehead atoms. The number of methoxy groups -OCH3 is 1. The topological polar surface area (TPSA) is 79.0 Å². The van der Waals surface area contributed by atoms with Crippen LogP contribution >= 0.6 is 0 Å². The van der Waals surface area contributed by atoms with Gasteiger partial charge in [0.15, 0.2) is 0 Å². The number of aromatic nitrogens is 2. The van der Waals surface area contributed by atoms with Crippen LogP contribution in [0.2, 0.25) is 0 Å². The molecule has 3 aromatic carbocycles. The lowest BCUT2D eigenvalue weighted by Gasteiger charge is -2.18. The van der Waals surface area contributed by atoms with Crippen LogP contribution in [0.3, 0.4) is 0 Å². The van der Waals surface area contributed by atoms with Gasteiger partial charge in [-0.2, -0.15) is 0 Å². The lowest BCUT2D eigenvalue weighted by Crippen LogP contribution is -2.38. The number of hydrogen-bond acceptors (Lipinski definition) is 3. The Morgan fingerprint density at radius 2 is 1.84 bits per heavy atom. The van der Waals surface area contributed by atoms with Crippen molar-refractivity contribution in [2.45, 2.75) is 25.9 Å². The number of carbonyl (C=O) groups is 1. The standard InChI is InChI=1S/C25H26N4O2/c1-17-6-5-7-19(14-17)16-26-25(30)29-23(15-18-10-12-20(31-2)13-11-18)24-27-21-8-3-4-9-22(21)28-24/h3-14,23H,15-16H2,1-2H3,(H,27,28)(H2,26,29,30)/t23-/m1/s1. The molecule has 6 heteroatoms. The summed E-state index contributed by atoms with van der Waals surface area (Å²) in [6.07, 6.45) is 0.599. The third-order valence-electron chi connectivity index (χ3n) is 5.18. The van der Waals surface area contributed by atoms with E-state index in [9.17, 15) is 4.79 Å². The number of amides is 2. The number of hydrogen-bond donors (Lipinski definition) is 3. The summed E-state index contributed by atoms with van der Waals surface area (Å²) in [5, 5.41) is 6.03. The molecule has 6 nitrogen and oxygen atoms in total. The van der Waals surface area contributed by atoms with E-state index in [0.717, 1.165) is 33.7 Å². The first-order valence-electron chi connectivity index (χ1n) is 10.3. The van der Waals surface area contributed by atoms with Crippen LogP contribution in [0.5, 0.6) is 5.75 Å². The Kier molecular flexibility index (Phi) is 6.17. The number of ether oxygens (including phenoxy) is 1. The van der Waals surface area contributed by atoms with Gasteiger partial charge in [-0.05, 0) is 48.7 Å². The molecule has 0 saturated heterocycles. The van der Waals surface area contributed by atoms with Gasteiger partial charge >= 0.3 is 6.03 Å². The van der Waals surface area contributed by atoms with Gasteiger partial charge in [-0.1, -0.05) is 54.1 Å². The Morgan fingerprint density at radius 3 is 2.58 bits per heavy atom. The number of para-hydroxylation sites is 2. The summed E-state index contributed by atoms with van der Waals surface area (Å²) >= 11 is 0. The number of nitrogens with zero attached hydrogens (tertiary/aromatic N) is 1. The molecule has 158 valence electrons. The number of fused-ring (bicyclic) bond motifs is 1. The smallest absolute Gasteiger partial charge is 0.315 e. The summed E-state index contributed by atoms with van der Waals surface area (Å²) in [5.74, 6) is 1.52. The highest BCUT2D eigenvalue weighted by Crippen LogP contribution is 2.21. The summed E-state index contributed by atoms with van der Waals surface area (Å²) in [7, 11) is 1.65. The number of nitrogens with one attached hydrogen (secondary N) is 3. The van der Waals surface area contributed by atoms with Gasteiger partial charge < -0.3 is 20.4 Å². The maximum absolute atomic E-state index is 12.7. The van der Waals surface area contributed by atoms with Crippen molar-refractivity contribution in [2.75, 3.05) is 7.11 Å². The van der Waals surface area contributed by atoms with E-state index in [2.05, 4.69) is 21.7 Å². The molecule has 1 aromatic heterocycles. The molecule has 1 atom stereocenters. The molecule has 0 aliphatic heterocycles. The van der Waals surface area contributed by atoms with Crippen molar-refractivity contribution in [3.05, 3.63) is 95.3 Å². The Morgan fingerprint density at radius 1 is 1.03 bits per heavy atom. The van der Waals surface area contributed by atoms with E-state index in [4.69, 9.17) is 9.72 Å². The molecule has 0 unspecified atom stereocenters. The van der Waals surface area contributed by atoms with Crippen molar-refractivity contribution >= 4 is 17.1 Å². The Hall–Kier alpha value is -3.80. The third kappa shape index (κ3) is 5.22. The number of aromatic amines is 1. The quantitative estimate of drug-likeness (QED) is 0.411. The molecule has 0 aliphatic carbocycles. The van der Waals surface area contributed by atoms with Crippen LogP contribution in [0.4, 0.5) is 4.79 Å². The molecule has 3 N–H and O–H groups in total. The average molecular weight is 415 g/mol. The Bertz CT molecular complexity index is 1130. The van der Waals surface area contributed by atoms with Crippen LogP contribution in [-0.4, -0.2) is 23.1 Å². The van der Waals surface area contributed by atoms with E-state index >= 15 is 0 Å². The second kappa shape index (κ2) is 9.34. The highest BCUT2D eigenvalue weighted by atomic mass is 16.5. The van der Waals surface area contributed by atoms with Crippen molar-refractivity contribution in [2.24, 2.45) is 0 Å². The van der Waals surface area contributed by atoms with Gasteiger partial charge in [0.1, 0.15) is 11.6 Å². The average Bonchev–Trinajstić information content (AvgIpc) is 3.22. The van der Waals surface area contributed by atoms with Crippen molar-refractivity contribution in [1.29, 1.82) is 0 Å². The van der Waals surface area contributed by atoms with Gasteiger partial charge in [-0.15, -0.1) is 0 Å². The fourth-order valence-corrected chi connectivity index (χ4v) is 3.56. The number of urea groups is 1. The lowest BCUT2D eigenvalue weighted by molar-refractivity contribution is 0.236. The Balaban J connectivity index is 1.51. The lowest BCUT2D eigenvalue weighted by atomic mass is 10.1. The number of aryl methyl sites for hydroxylation is 1. The van der Waals surface area contributed by atoms with E-state index in [1.807, 2.05) is 73.7 Å². The second-order valence-electron chi connectivity index (χ2n) is 7.56. The van der Waals surface area contributed by atoms with Gasteiger partial charge in [0.25, 0.3) is 0 Å². The fourth-order valence-electron chi connectivity index (χ4n) is 3.56. The number of carbonyl (C=O) groups excluding carboxylic acids is 1. The number of benzene rings is 3. The molecular formula is C25H26N4O2. The highest BCUT2D eigenvalue weighted by Gasteiger charge is 2.19. The minimum atomic E-state index is -0.307. The molecule has 2 amide bonds. The van der Waals surface area contributed by atoms with Crippen molar-refractivity contribution in [3.63, 3.8) is 0 Å². The number of H-pyrrole nitrogens is 1. The number of rotatable bonds is 7. The van der Waals surface area contributed by atoms with Crippen LogP contribution in [0.1, 0.15) is 28.6 Å². The normalized spacial score (nSPS) is 11.8. The van der Waals surface area contributed by atoms with Gasteiger partial charge in [-0.3, -0.25) is 0 Å². The molecule has 0 saturated carbocycles. The summed E-state index contributed by atoms with van der Waals surface area (Å²) in [4.78, 5) is 20.8. The van der Waals surface area contributed by atoms with E-state index in [0.29, 0.717) is 13.0 Å². The van der Waals surface area contributed by atoms with E-state index < -0.39 is 0 Å². The molecule has 1 heterocycles. The molecule has 4 aromatic rings. The monoisotopic (exact) mass is 414 g/mol. The summed E-state index contributed by atoms with van der Waals surface area (Å²) in [5.41, 5.74) is 5.12. The summed E-state index contributed by atoms with van der Waals surface area (Å²) in [6.45, 7) is 2.50. The molecular weight excluding hydrogens is 388 g/mol. The van der Waals surface area contributed by atoms with Crippen molar-refractivity contribution < 1.29 is 9.53 Å². The van der Waals surface area contributed by atoms with E-state index in [-0.39, 0.29) is 12.1 Å². The minimum absolute atomic E-state index is 0.236. The minimum Gasteiger partial charge on any atom is -0.497 e. The molecule has 4 rings (SSSR count). The van der Waals surface area contributed by atoms with Crippen LogP contribution < -0.4 is 15.4 Å². The molecule has 0 aliphatic rings. The maximum Gasteiger partial charge on any atom is 0.315 e. The first-order valence-corrected chi connectivity index (χ1v) is 10.3. The zero-order valence-corrected chi connectivity index (χ0v) is 17.7. The summed E-state index contributed by atoms with van der Waals surface area (Å²) in [6, 6.07) is 23.2. The van der Waals surface area contributed by atoms with Crippen LogP contribution in [-0.2, 0) is 13.0 Å². The highest BCUT2D eigenvalue weighted by molar-refractivity contribution is 5.76. The first-order chi connectivity index (χ1) is 15.1. The van der Waals surface area contributed by atoms with E-state index in [1.54, 1.807) is 7.11 Å². The molecule has 0 spiro atoms. The van der Waals surface area contributed by atoms with Gasteiger partial charge in [0.2, 0.25) is 0 Å². The van der Waals surface area contributed by atoms with Crippen LogP contribution in [0, 0.1) is 6.92 Å². The predicted molar refractivity (Wildman–Crippen MR) is 122 cm³/mol. The van der Waals surface area contributed by atoms with Crippen molar-refractivity contribution in [3.8, 4) is 5.75 Å². The van der Waals surface area contributed by atoms with Gasteiger partial charge in [0, 0.05) is 6.54 Å². The second-order valence-corrected chi connectivity index (χ2v) is 7.56. The van der Waals surface area contributed by atoms with Gasteiger partial charge in [0.05, 0.1) is 24.2 Å². The molecule has 0 fully saturated rings. The largest absolute Gasteiger partial charge is 0.497 e. The maximum atomic E-state index is 12.7. The first kappa shape index (κ1) is 20.5. The zero-order chi connectivity index (χ0) is 21.6. The molecule has 0 radical (unpaired) electrons. The van der Waals surface area contributed by atoms with Gasteiger partial charge in [-0.25, -0.2) is 9.78 Å². The zero-order valence-electron chi connectivity index (χ0n) is 17.7. The summed E-state index contributed by atoms with van der Waals surface area (Å²) < 4.78 is 5.25. The molecule has 31 heavy (non-hydrogen) atoms. The Labute approximate surface area is 181 Å². The predicted octanol–water partition coefficient (Wildman–Crippen LogP) is 4.66. The van der Waals surface area contributed by atoms with Crippen LogP contribution in [0.25, 0.3) is 11.0 Å². The third-order valence-corrected chi connectivity index (χ3v) is 5.18. The fraction of sp³-hybridized carbons (Fsp3) is 0.200. The van der Waals surface area contributed by atoms with E-state index in [1.165, 1.54) is 5.56 Å². The van der Waals surface area contributed by atoms with Crippen molar-refractivity contribution in [1.82, 2.24) is 20.6 Å². The SMILES string of the molecule is COc1ccc(C[C@@H](NC(=O)NCc2cccc(C)c2)c2nc3ccccc3[nH]2)cc1.